The molecule has 1 aliphatic heterocycles. The fraction of sp³-hybridized carbons (Fsp3) is 0.411. The van der Waals surface area contributed by atoms with Crippen molar-refractivity contribution in [1.29, 1.82) is 0 Å². The average Bonchev–Trinajstić information content (AvgIpc) is 4.20. The smallest absolute Gasteiger partial charge is 0.328 e. The molecule has 0 spiro atoms. The molecule has 6 aromatic heterocycles. The summed E-state index contributed by atoms with van der Waals surface area (Å²) in [6, 6.07) is 24.7. The van der Waals surface area contributed by atoms with E-state index in [0.29, 0.717) is 84.8 Å². The summed E-state index contributed by atoms with van der Waals surface area (Å²) in [6.45, 7) is 13.5. The molecule has 25 heteroatoms. The largest absolute Gasteiger partial charge is 0.468 e. The van der Waals surface area contributed by atoms with E-state index in [1.165, 1.54) is 10.1 Å². The van der Waals surface area contributed by atoms with Crippen LogP contribution in [0.5, 0.6) is 24.0 Å². The van der Waals surface area contributed by atoms with Gasteiger partial charge < -0.3 is 56.0 Å². The molecule has 3 aromatic carbocycles. The SMILES string of the molecule is CCCCOc1nc(N)c2[nH]c(=O)n(Cc3ccc(CCl)cc3)c2n1.CCCCOc1nc(N)c2[nH]c(=O)n(Cc3ccc(CN4CCOCC4)cc3)c2n1.CCCCOc1nc(N)c2nc(OC)n(Cc3ccc(CO)cc3)c2n1. The number of anilines is 3. The van der Waals surface area contributed by atoms with E-state index in [1.54, 1.807) is 11.7 Å². The van der Waals surface area contributed by atoms with Crippen LogP contribution < -0.4 is 47.5 Å². The van der Waals surface area contributed by atoms with E-state index >= 15 is 0 Å². The van der Waals surface area contributed by atoms with Gasteiger partial charge in [-0.05, 0) is 52.6 Å². The molecule has 0 amide bonds. The highest BCUT2D eigenvalue weighted by Crippen LogP contribution is 2.27. The molecular weight excluding hydrogens is 1060 g/mol. The van der Waals surface area contributed by atoms with E-state index in [1.807, 2.05) is 65.2 Å². The number of aliphatic hydroxyl groups excluding tert-OH is 1. The molecule has 0 bridgehead atoms. The van der Waals surface area contributed by atoms with Crippen molar-refractivity contribution in [3.8, 4) is 24.0 Å². The van der Waals surface area contributed by atoms with Crippen LogP contribution in [0.1, 0.15) is 92.7 Å². The molecule has 9 aromatic rings. The number of ether oxygens (including phenoxy) is 5. The molecular formula is C56H71ClN16O8. The number of imidazole rings is 3. The van der Waals surface area contributed by atoms with Crippen LogP contribution in [0.4, 0.5) is 17.5 Å². The summed E-state index contributed by atoms with van der Waals surface area (Å²) in [5.74, 6) is 1.12. The average molecular weight is 1130 g/mol. The second-order valence-electron chi connectivity index (χ2n) is 19.2. The second-order valence-corrected chi connectivity index (χ2v) is 19.5. The fourth-order valence-electron chi connectivity index (χ4n) is 8.55. The molecule has 430 valence electrons. The Hall–Kier alpha value is -8.32. The monoisotopic (exact) mass is 1130 g/mol. The van der Waals surface area contributed by atoms with E-state index in [-0.39, 0.29) is 53.5 Å². The number of methoxy groups -OCH3 is 1. The Morgan fingerprint density at radius 2 is 0.938 bits per heavy atom. The van der Waals surface area contributed by atoms with E-state index in [4.69, 9.17) is 52.5 Å². The van der Waals surface area contributed by atoms with Gasteiger partial charge >= 0.3 is 29.4 Å². The van der Waals surface area contributed by atoms with Gasteiger partial charge in [-0.25, -0.2) is 9.59 Å². The third-order valence-electron chi connectivity index (χ3n) is 13.1. The number of aromatic nitrogens is 12. The highest BCUT2D eigenvalue weighted by atomic mass is 35.5. The number of benzene rings is 3. The van der Waals surface area contributed by atoms with Gasteiger partial charge in [0.05, 0.1) is 66.4 Å². The van der Waals surface area contributed by atoms with E-state index in [2.05, 4.69) is 82.7 Å². The first-order valence-electron chi connectivity index (χ1n) is 27.1. The van der Waals surface area contributed by atoms with Gasteiger partial charge in [0.2, 0.25) is 0 Å². The number of aliphatic hydroxyl groups is 1. The minimum absolute atomic E-state index is 0.0137. The van der Waals surface area contributed by atoms with Gasteiger partial charge in [-0.1, -0.05) is 113 Å². The lowest BCUT2D eigenvalue weighted by Gasteiger charge is -2.26. The van der Waals surface area contributed by atoms with Gasteiger partial charge in [-0.3, -0.25) is 18.6 Å². The van der Waals surface area contributed by atoms with E-state index in [9.17, 15) is 14.7 Å². The van der Waals surface area contributed by atoms with Crippen molar-refractivity contribution in [2.45, 2.75) is 98.0 Å². The maximum absolute atomic E-state index is 12.5. The topological polar surface area (TPSA) is 318 Å². The first-order valence-corrected chi connectivity index (χ1v) is 27.6. The van der Waals surface area contributed by atoms with Crippen molar-refractivity contribution in [2.24, 2.45) is 0 Å². The van der Waals surface area contributed by atoms with Gasteiger partial charge in [0, 0.05) is 25.5 Å². The molecule has 1 aliphatic rings. The number of nitrogen functional groups attached to an aromatic ring is 3. The lowest BCUT2D eigenvalue weighted by Crippen LogP contribution is -2.35. The summed E-state index contributed by atoms with van der Waals surface area (Å²) in [5.41, 5.74) is 26.3. The highest BCUT2D eigenvalue weighted by molar-refractivity contribution is 6.17. The van der Waals surface area contributed by atoms with Crippen molar-refractivity contribution in [1.82, 2.24) is 63.5 Å². The van der Waals surface area contributed by atoms with E-state index in [0.717, 1.165) is 99.2 Å². The molecule has 0 saturated carbocycles. The number of rotatable bonds is 23. The molecule has 1 saturated heterocycles. The Labute approximate surface area is 472 Å². The fourth-order valence-corrected chi connectivity index (χ4v) is 8.73. The zero-order chi connectivity index (χ0) is 57.3. The van der Waals surface area contributed by atoms with Crippen LogP contribution in [0, 0.1) is 0 Å². The summed E-state index contributed by atoms with van der Waals surface area (Å²) >= 11 is 5.81. The van der Waals surface area contributed by atoms with Crippen LogP contribution in [-0.4, -0.2) is 122 Å². The third-order valence-corrected chi connectivity index (χ3v) is 13.4. The molecule has 0 unspecified atom stereocenters. The summed E-state index contributed by atoms with van der Waals surface area (Å²) in [6.07, 6.45) is 5.75. The second kappa shape index (κ2) is 28.7. The van der Waals surface area contributed by atoms with Crippen LogP contribution in [0.3, 0.4) is 0 Å². The summed E-state index contributed by atoms with van der Waals surface area (Å²) < 4.78 is 32.4. The molecule has 10 rings (SSSR count). The number of fused-ring (bicyclic) bond motifs is 3. The Kier molecular flexibility index (Phi) is 20.8. The van der Waals surface area contributed by atoms with Gasteiger partial charge in [-0.15, -0.1) is 11.6 Å². The molecule has 1 fully saturated rings. The zero-order valence-corrected chi connectivity index (χ0v) is 47.0. The normalized spacial score (nSPS) is 12.5. The van der Waals surface area contributed by atoms with Gasteiger partial charge in [-0.2, -0.15) is 34.9 Å². The van der Waals surface area contributed by atoms with Gasteiger partial charge in [0.1, 0.15) is 11.0 Å². The number of hydrogen-bond donors (Lipinski definition) is 6. The summed E-state index contributed by atoms with van der Waals surface area (Å²) in [4.78, 5) is 62.8. The number of nitrogens with zero attached hydrogens (tertiary/aromatic N) is 11. The number of nitrogens with two attached hydrogens (primary N) is 3. The quantitative estimate of drug-likeness (QED) is 0.0291. The zero-order valence-electron chi connectivity index (χ0n) is 46.2. The van der Waals surface area contributed by atoms with Crippen LogP contribution in [-0.2, 0) is 43.4 Å². The lowest BCUT2D eigenvalue weighted by atomic mass is 10.1. The number of hydrogen-bond acceptors (Lipinski definition) is 19. The Morgan fingerprint density at radius 1 is 0.543 bits per heavy atom. The number of H-pyrrole nitrogens is 2. The number of aromatic amines is 2. The molecule has 0 atom stereocenters. The minimum Gasteiger partial charge on any atom is -0.468 e. The number of alkyl halides is 1. The van der Waals surface area contributed by atoms with Gasteiger partial charge in [0.25, 0.3) is 6.01 Å². The van der Waals surface area contributed by atoms with Crippen LogP contribution in [0.25, 0.3) is 33.5 Å². The molecule has 9 N–H and O–H groups in total. The van der Waals surface area contributed by atoms with Crippen molar-refractivity contribution in [3.05, 3.63) is 127 Å². The highest BCUT2D eigenvalue weighted by Gasteiger charge is 2.20. The number of unbranched alkanes of at least 4 members (excludes halogenated alkanes) is 3. The predicted octanol–water partition coefficient (Wildman–Crippen LogP) is 6.57. The minimum atomic E-state index is -0.289. The molecule has 81 heavy (non-hydrogen) atoms. The summed E-state index contributed by atoms with van der Waals surface area (Å²) in [5, 5.41) is 9.18. The number of nitrogens with one attached hydrogen (secondary N) is 2. The predicted molar refractivity (Wildman–Crippen MR) is 311 cm³/mol. The molecule has 24 nitrogen and oxygen atoms in total. The molecule has 7 heterocycles. The Balaban J connectivity index is 0.000000160. The molecule has 0 radical (unpaired) electrons. The van der Waals surface area contributed by atoms with Crippen molar-refractivity contribution in [3.63, 3.8) is 0 Å². The van der Waals surface area contributed by atoms with Gasteiger partial charge in [0.15, 0.2) is 39.9 Å². The lowest BCUT2D eigenvalue weighted by molar-refractivity contribution is 0.0342. The van der Waals surface area contributed by atoms with Crippen LogP contribution >= 0.6 is 11.6 Å². The first-order chi connectivity index (χ1) is 39.4. The third kappa shape index (κ3) is 15.3. The van der Waals surface area contributed by atoms with Crippen molar-refractivity contribution in [2.75, 3.05) is 70.4 Å². The van der Waals surface area contributed by atoms with E-state index < -0.39 is 0 Å². The first kappa shape index (κ1) is 58.8. The van der Waals surface area contributed by atoms with Crippen LogP contribution in [0.2, 0.25) is 0 Å². The maximum Gasteiger partial charge on any atom is 0.328 e. The number of halogens is 1. The Morgan fingerprint density at radius 3 is 1.36 bits per heavy atom. The standard InChI is InChI=1S/C21H28N6O3.C18H23N5O3.C17H20ClN5O2/c1-2-3-10-30-20-24-18(22)17-19(25-20)27(21(28)23-17)14-16-6-4-15(5-7-16)13-26-8-11-29-12-9-26;1-3-4-9-26-17-21-15(19)14-16(22-17)23(18(20-14)25-2)10-12-5-7-13(11-24)8-6-12;1-2-3-8-25-16-21-14(19)13-15(22-16)23(17(24)20-13)10-12-6-4-11(9-18)5-7-12/h4-7H,2-3,8-14H2,1H3,(H,23,28)(H2,22,24,25);5-8,24H,3-4,9-11H2,1-2H3,(H2,19,21,22);4-7H,2-3,8-10H2,1H3,(H,20,24)(H2,19,21,22). The Bertz CT molecular complexity index is 3580. The molecule has 0 aliphatic carbocycles. The summed E-state index contributed by atoms with van der Waals surface area (Å²) in [7, 11) is 1.55. The van der Waals surface area contributed by atoms with Crippen molar-refractivity contribution < 1.29 is 28.8 Å². The van der Waals surface area contributed by atoms with Crippen molar-refractivity contribution >= 4 is 62.5 Å². The maximum atomic E-state index is 12.5. The van der Waals surface area contributed by atoms with Crippen LogP contribution in [0.15, 0.2) is 82.4 Å². The number of morpholine rings is 1.